The van der Waals surface area contributed by atoms with E-state index in [1.807, 2.05) is 42.5 Å². The summed E-state index contributed by atoms with van der Waals surface area (Å²) in [4.78, 5) is 13.0. The van der Waals surface area contributed by atoms with E-state index < -0.39 is 0 Å². The van der Waals surface area contributed by atoms with Gasteiger partial charge >= 0.3 is 0 Å². The van der Waals surface area contributed by atoms with E-state index in [0.29, 0.717) is 18.2 Å². The van der Waals surface area contributed by atoms with Gasteiger partial charge in [0, 0.05) is 15.9 Å². The van der Waals surface area contributed by atoms with Crippen LogP contribution in [0.3, 0.4) is 0 Å². The zero-order chi connectivity index (χ0) is 15.1. The minimum atomic E-state index is 0.0747. The van der Waals surface area contributed by atoms with Crippen molar-refractivity contribution in [1.82, 2.24) is 5.32 Å². The highest BCUT2D eigenvalue weighted by molar-refractivity contribution is 9.10. The van der Waals surface area contributed by atoms with Gasteiger partial charge in [0.15, 0.2) is 0 Å². The molecule has 0 heterocycles. The molecule has 0 bridgehead atoms. The van der Waals surface area contributed by atoms with Gasteiger partial charge in [-0.15, -0.1) is 11.8 Å². The summed E-state index contributed by atoms with van der Waals surface area (Å²) < 4.78 is 1.05. The molecule has 0 aliphatic rings. The highest BCUT2D eigenvalue weighted by atomic mass is 79.9. The van der Waals surface area contributed by atoms with Crippen molar-refractivity contribution >= 4 is 33.6 Å². The summed E-state index contributed by atoms with van der Waals surface area (Å²) >= 11 is 4.95. The quantitative estimate of drug-likeness (QED) is 0.767. The van der Waals surface area contributed by atoms with Crippen LogP contribution in [0.15, 0.2) is 64.0 Å². The van der Waals surface area contributed by atoms with E-state index in [1.54, 1.807) is 11.8 Å². The highest BCUT2D eigenvalue weighted by Gasteiger charge is 2.07. The van der Waals surface area contributed by atoms with Crippen LogP contribution in [0.1, 0.15) is 18.4 Å². The van der Waals surface area contributed by atoms with Crippen LogP contribution in [0.4, 0.5) is 0 Å². The van der Waals surface area contributed by atoms with Crippen LogP contribution in [0.5, 0.6) is 0 Å². The lowest BCUT2D eigenvalue weighted by Crippen LogP contribution is -2.28. The molecule has 0 spiro atoms. The Bertz CT molecular complexity index is 571. The van der Waals surface area contributed by atoms with Crippen molar-refractivity contribution in [3.8, 4) is 0 Å². The molecule has 2 aromatic rings. The van der Waals surface area contributed by atoms with Crippen molar-refractivity contribution < 1.29 is 4.79 Å². The predicted octanol–water partition coefficient (Wildman–Crippen LogP) is 4.46. The van der Waals surface area contributed by atoms with Gasteiger partial charge in [-0.25, -0.2) is 0 Å². The van der Waals surface area contributed by atoms with Crippen LogP contribution in [-0.2, 0) is 4.79 Å². The van der Waals surface area contributed by atoms with Crippen LogP contribution in [-0.4, -0.2) is 18.2 Å². The number of carbonyl (C=O) groups is 1. The molecule has 2 nitrogen and oxygen atoms in total. The van der Waals surface area contributed by atoms with Crippen molar-refractivity contribution in [2.75, 3.05) is 12.3 Å². The molecular formula is C17H18BrNOS. The highest BCUT2D eigenvalue weighted by Crippen LogP contribution is 2.20. The van der Waals surface area contributed by atoms with Gasteiger partial charge in [0.25, 0.3) is 0 Å². The third-order valence-corrected chi connectivity index (χ3v) is 4.70. The lowest BCUT2D eigenvalue weighted by Gasteiger charge is -2.13. The summed E-state index contributed by atoms with van der Waals surface area (Å²) in [5.74, 6) is 0.849. The zero-order valence-electron chi connectivity index (χ0n) is 11.9. The van der Waals surface area contributed by atoms with Gasteiger partial charge in [0.1, 0.15) is 0 Å². The Hall–Kier alpha value is -1.26. The maximum atomic E-state index is 11.9. The zero-order valence-corrected chi connectivity index (χ0v) is 14.3. The number of carbonyl (C=O) groups excluding carboxylic acids is 1. The average Bonchev–Trinajstić information content (AvgIpc) is 2.53. The SMILES string of the molecule is C[C@@H](CNC(=O)CSc1ccc(Br)cc1)c1ccccc1. The van der Waals surface area contributed by atoms with E-state index in [1.165, 1.54) is 5.56 Å². The Morgan fingerprint density at radius 3 is 2.48 bits per heavy atom. The molecule has 0 aromatic heterocycles. The summed E-state index contributed by atoms with van der Waals surface area (Å²) in [5, 5.41) is 2.99. The molecule has 2 aromatic carbocycles. The normalized spacial score (nSPS) is 11.9. The standard InChI is InChI=1S/C17H18BrNOS/c1-13(14-5-3-2-4-6-14)11-19-17(20)12-21-16-9-7-15(18)8-10-16/h2-10,13H,11-12H2,1H3,(H,19,20)/t13-/m0/s1. The molecule has 0 saturated heterocycles. The van der Waals surface area contributed by atoms with Crippen molar-refractivity contribution in [2.24, 2.45) is 0 Å². The molecule has 2 rings (SSSR count). The van der Waals surface area contributed by atoms with Crippen LogP contribution in [0.2, 0.25) is 0 Å². The number of thioether (sulfide) groups is 1. The maximum Gasteiger partial charge on any atom is 0.230 e. The smallest absolute Gasteiger partial charge is 0.230 e. The Balaban J connectivity index is 1.73. The molecule has 0 saturated carbocycles. The molecule has 0 aliphatic carbocycles. The van der Waals surface area contributed by atoms with E-state index in [-0.39, 0.29) is 5.91 Å². The van der Waals surface area contributed by atoms with Gasteiger partial charge in [-0.1, -0.05) is 53.2 Å². The van der Waals surface area contributed by atoms with E-state index >= 15 is 0 Å². The van der Waals surface area contributed by atoms with Crippen molar-refractivity contribution in [1.29, 1.82) is 0 Å². The number of hydrogen-bond donors (Lipinski definition) is 1. The first-order valence-corrected chi connectivity index (χ1v) is 8.63. The van der Waals surface area contributed by atoms with Gasteiger partial charge in [-0.3, -0.25) is 4.79 Å². The van der Waals surface area contributed by atoms with E-state index in [4.69, 9.17) is 0 Å². The lowest BCUT2D eigenvalue weighted by atomic mass is 10.0. The van der Waals surface area contributed by atoms with Crippen molar-refractivity contribution in [3.05, 3.63) is 64.6 Å². The number of rotatable bonds is 6. The predicted molar refractivity (Wildman–Crippen MR) is 92.7 cm³/mol. The Morgan fingerprint density at radius 2 is 1.81 bits per heavy atom. The van der Waals surface area contributed by atoms with E-state index in [0.717, 1.165) is 9.37 Å². The van der Waals surface area contributed by atoms with E-state index in [2.05, 4.69) is 40.3 Å². The molecule has 110 valence electrons. The molecule has 0 unspecified atom stereocenters. The number of halogens is 1. The van der Waals surface area contributed by atoms with Gasteiger partial charge in [0.05, 0.1) is 5.75 Å². The maximum absolute atomic E-state index is 11.9. The van der Waals surface area contributed by atoms with Gasteiger partial charge in [0.2, 0.25) is 5.91 Å². The molecule has 0 fully saturated rings. The minimum absolute atomic E-state index is 0.0747. The third-order valence-electron chi connectivity index (χ3n) is 3.16. The first kappa shape index (κ1) is 16.1. The van der Waals surface area contributed by atoms with Crippen molar-refractivity contribution in [2.45, 2.75) is 17.7 Å². The second kappa shape index (κ2) is 8.25. The average molecular weight is 364 g/mol. The van der Waals surface area contributed by atoms with Gasteiger partial charge in [-0.2, -0.15) is 0 Å². The lowest BCUT2D eigenvalue weighted by molar-refractivity contribution is -0.118. The molecule has 4 heteroatoms. The van der Waals surface area contributed by atoms with Gasteiger partial charge < -0.3 is 5.32 Å². The van der Waals surface area contributed by atoms with Gasteiger partial charge in [-0.05, 0) is 35.7 Å². The minimum Gasteiger partial charge on any atom is -0.355 e. The topological polar surface area (TPSA) is 29.1 Å². The fourth-order valence-corrected chi connectivity index (χ4v) is 2.89. The largest absolute Gasteiger partial charge is 0.355 e. The summed E-state index contributed by atoms with van der Waals surface area (Å²) in [6, 6.07) is 18.2. The monoisotopic (exact) mass is 363 g/mol. The third kappa shape index (κ3) is 5.56. The fourth-order valence-electron chi connectivity index (χ4n) is 1.90. The number of benzene rings is 2. The summed E-state index contributed by atoms with van der Waals surface area (Å²) in [7, 11) is 0. The molecule has 0 aliphatic heterocycles. The van der Waals surface area contributed by atoms with Crippen LogP contribution >= 0.6 is 27.7 Å². The first-order valence-electron chi connectivity index (χ1n) is 6.85. The van der Waals surface area contributed by atoms with Crippen LogP contribution < -0.4 is 5.32 Å². The summed E-state index contributed by atoms with van der Waals surface area (Å²) in [6.07, 6.45) is 0. The Kier molecular flexibility index (Phi) is 6.33. The van der Waals surface area contributed by atoms with Crippen LogP contribution in [0, 0.1) is 0 Å². The molecule has 1 amide bonds. The Morgan fingerprint density at radius 1 is 1.14 bits per heavy atom. The van der Waals surface area contributed by atoms with Crippen LogP contribution in [0.25, 0.3) is 0 Å². The Labute approximate surface area is 138 Å². The fraction of sp³-hybridized carbons (Fsp3) is 0.235. The molecule has 0 radical (unpaired) electrons. The second-order valence-electron chi connectivity index (χ2n) is 4.86. The number of nitrogens with one attached hydrogen (secondary N) is 1. The number of amides is 1. The summed E-state index contributed by atoms with van der Waals surface area (Å²) in [5.41, 5.74) is 1.25. The molecule has 21 heavy (non-hydrogen) atoms. The second-order valence-corrected chi connectivity index (χ2v) is 6.82. The molecule has 1 N–H and O–H groups in total. The summed E-state index contributed by atoms with van der Waals surface area (Å²) in [6.45, 7) is 2.79. The number of hydrogen-bond acceptors (Lipinski definition) is 2. The first-order chi connectivity index (χ1) is 10.1. The molecule has 1 atom stereocenters. The van der Waals surface area contributed by atoms with Crippen molar-refractivity contribution in [3.63, 3.8) is 0 Å². The molecular weight excluding hydrogens is 346 g/mol. The van der Waals surface area contributed by atoms with E-state index in [9.17, 15) is 4.79 Å².